The Morgan fingerprint density at radius 2 is 1.86 bits per heavy atom. The third-order valence-corrected chi connectivity index (χ3v) is 3.57. The Morgan fingerprint density at radius 1 is 1.19 bits per heavy atom. The number of hydrogen-bond acceptors (Lipinski definition) is 3. The number of ether oxygens (including phenoxy) is 1. The monoisotopic (exact) mass is 287 g/mol. The second-order valence-corrected chi connectivity index (χ2v) is 5.21. The highest BCUT2D eigenvalue weighted by Crippen LogP contribution is 2.21. The van der Waals surface area contributed by atoms with Crippen LogP contribution in [0.5, 0.6) is 5.75 Å². The molecule has 4 nitrogen and oxygen atoms in total. The van der Waals surface area contributed by atoms with Crippen LogP contribution in [0.2, 0.25) is 0 Å². The molecule has 0 fully saturated rings. The zero-order valence-corrected chi connectivity index (χ0v) is 12.9. The van der Waals surface area contributed by atoms with Crippen LogP contribution in [0, 0.1) is 6.92 Å². The molecule has 1 heterocycles. The standard InChI is InChI=1S/C17H21NO3/c1-12-7-9-15(10-8-12)21-14(3)17(19)18(4)13(2)16-6-5-11-20-16/h5-11,13-14H,1-4H3. The summed E-state index contributed by atoms with van der Waals surface area (Å²) >= 11 is 0. The average Bonchev–Trinajstić information content (AvgIpc) is 3.01. The van der Waals surface area contributed by atoms with E-state index in [4.69, 9.17) is 9.15 Å². The number of carbonyl (C=O) groups is 1. The maximum absolute atomic E-state index is 12.4. The number of amides is 1. The van der Waals surface area contributed by atoms with E-state index in [1.165, 1.54) is 0 Å². The van der Waals surface area contributed by atoms with Gasteiger partial charge in [0.25, 0.3) is 5.91 Å². The van der Waals surface area contributed by atoms with Crippen molar-refractivity contribution < 1.29 is 13.9 Å². The largest absolute Gasteiger partial charge is 0.481 e. The minimum atomic E-state index is -0.546. The molecule has 1 amide bonds. The fraction of sp³-hybridized carbons (Fsp3) is 0.353. The lowest BCUT2D eigenvalue weighted by Gasteiger charge is -2.26. The molecule has 0 spiro atoms. The van der Waals surface area contributed by atoms with E-state index in [1.807, 2.05) is 50.2 Å². The van der Waals surface area contributed by atoms with E-state index in [-0.39, 0.29) is 11.9 Å². The normalized spacial score (nSPS) is 13.5. The van der Waals surface area contributed by atoms with Crippen LogP contribution in [0.4, 0.5) is 0 Å². The molecule has 2 aromatic rings. The molecule has 2 unspecified atom stereocenters. The summed E-state index contributed by atoms with van der Waals surface area (Å²) < 4.78 is 11.0. The molecule has 112 valence electrons. The first kappa shape index (κ1) is 15.2. The van der Waals surface area contributed by atoms with Gasteiger partial charge in [-0.05, 0) is 45.0 Å². The SMILES string of the molecule is Cc1ccc(OC(C)C(=O)N(C)C(C)c2ccco2)cc1. The Labute approximate surface area is 125 Å². The molecule has 0 radical (unpaired) electrons. The molecule has 2 rings (SSSR count). The van der Waals surface area contributed by atoms with E-state index in [9.17, 15) is 4.79 Å². The van der Waals surface area contributed by atoms with Gasteiger partial charge in [0, 0.05) is 7.05 Å². The predicted octanol–water partition coefficient (Wildman–Crippen LogP) is 3.57. The van der Waals surface area contributed by atoms with Crippen molar-refractivity contribution in [2.24, 2.45) is 0 Å². The molecule has 0 saturated heterocycles. The Morgan fingerprint density at radius 3 is 2.43 bits per heavy atom. The number of aryl methyl sites for hydroxylation is 1. The Bertz CT molecular complexity index is 575. The number of rotatable bonds is 5. The third kappa shape index (κ3) is 3.66. The van der Waals surface area contributed by atoms with Gasteiger partial charge in [-0.2, -0.15) is 0 Å². The second-order valence-electron chi connectivity index (χ2n) is 5.21. The van der Waals surface area contributed by atoms with E-state index >= 15 is 0 Å². The fourth-order valence-corrected chi connectivity index (χ4v) is 2.07. The summed E-state index contributed by atoms with van der Waals surface area (Å²) in [7, 11) is 1.75. The molecule has 0 aliphatic carbocycles. The molecule has 0 bridgehead atoms. The minimum absolute atomic E-state index is 0.0838. The number of hydrogen-bond donors (Lipinski definition) is 0. The maximum atomic E-state index is 12.4. The molecule has 0 aliphatic heterocycles. The Balaban J connectivity index is 1.99. The molecule has 2 atom stereocenters. The van der Waals surface area contributed by atoms with Crippen LogP contribution in [-0.4, -0.2) is 24.0 Å². The summed E-state index contributed by atoms with van der Waals surface area (Å²) in [4.78, 5) is 14.0. The summed E-state index contributed by atoms with van der Waals surface area (Å²) in [6, 6.07) is 11.2. The van der Waals surface area contributed by atoms with Crippen LogP contribution in [0.15, 0.2) is 47.1 Å². The first-order chi connectivity index (χ1) is 9.99. The molecule has 0 saturated carbocycles. The van der Waals surface area contributed by atoms with Crippen LogP contribution < -0.4 is 4.74 Å². The molecule has 21 heavy (non-hydrogen) atoms. The number of nitrogens with zero attached hydrogens (tertiary/aromatic N) is 1. The highest BCUT2D eigenvalue weighted by Gasteiger charge is 2.25. The minimum Gasteiger partial charge on any atom is -0.481 e. The van der Waals surface area contributed by atoms with E-state index in [1.54, 1.807) is 25.1 Å². The number of likely N-dealkylation sites (N-methyl/N-ethyl adjacent to an activating group) is 1. The quantitative estimate of drug-likeness (QED) is 0.844. The van der Waals surface area contributed by atoms with Crippen molar-refractivity contribution >= 4 is 5.91 Å². The lowest BCUT2D eigenvalue weighted by molar-refractivity contribution is -0.138. The molecular weight excluding hydrogens is 266 g/mol. The summed E-state index contributed by atoms with van der Waals surface area (Å²) in [6.07, 6.45) is 1.06. The number of furan rings is 1. The maximum Gasteiger partial charge on any atom is 0.263 e. The zero-order chi connectivity index (χ0) is 15.4. The molecule has 4 heteroatoms. The summed E-state index contributed by atoms with van der Waals surface area (Å²) in [5.74, 6) is 1.37. The van der Waals surface area contributed by atoms with Crippen LogP contribution in [0.3, 0.4) is 0 Å². The number of benzene rings is 1. The van der Waals surface area contributed by atoms with Gasteiger partial charge < -0.3 is 14.1 Å². The van der Waals surface area contributed by atoms with E-state index in [2.05, 4.69) is 0 Å². The van der Waals surface area contributed by atoms with Gasteiger partial charge in [-0.3, -0.25) is 4.79 Å². The van der Waals surface area contributed by atoms with Gasteiger partial charge in [0.15, 0.2) is 6.10 Å². The smallest absolute Gasteiger partial charge is 0.263 e. The first-order valence-corrected chi connectivity index (χ1v) is 7.02. The summed E-state index contributed by atoms with van der Waals surface area (Å²) in [5, 5.41) is 0. The van der Waals surface area contributed by atoms with Gasteiger partial charge in [0.1, 0.15) is 11.5 Å². The van der Waals surface area contributed by atoms with E-state index in [0.717, 1.165) is 11.3 Å². The fourth-order valence-electron chi connectivity index (χ4n) is 2.07. The van der Waals surface area contributed by atoms with Crippen molar-refractivity contribution in [3.8, 4) is 5.75 Å². The van der Waals surface area contributed by atoms with Gasteiger partial charge in [0.2, 0.25) is 0 Å². The average molecular weight is 287 g/mol. The molecule has 0 aliphatic rings. The molecule has 1 aromatic carbocycles. The van der Waals surface area contributed by atoms with Crippen molar-refractivity contribution in [2.75, 3.05) is 7.05 Å². The van der Waals surface area contributed by atoms with Crippen molar-refractivity contribution in [2.45, 2.75) is 32.9 Å². The van der Waals surface area contributed by atoms with Crippen molar-refractivity contribution in [1.29, 1.82) is 0 Å². The number of carbonyl (C=O) groups excluding carboxylic acids is 1. The van der Waals surface area contributed by atoms with Crippen LogP contribution in [-0.2, 0) is 4.79 Å². The van der Waals surface area contributed by atoms with Gasteiger partial charge in [-0.25, -0.2) is 0 Å². The summed E-state index contributed by atoms with van der Waals surface area (Å²) in [6.45, 7) is 5.69. The molecule has 0 N–H and O–H groups in total. The third-order valence-electron chi connectivity index (χ3n) is 3.57. The lowest BCUT2D eigenvalue weighted by atomic mass is 10.2. The molecular formula is C17H21NO3. The predicted molar refractivity (Wildman–Crippen MR) is 81.2 cm³/mol. The van der Waals surface area contributed by atoms with Crippen LogP contribution >= 0.6 is 0 Å². The highest BCUT2D eigenvalue weighted by atomic mass is 16.5. The topological polar surface area (TPSA) is 42.7 Å². The van der Waals surface area contributed by atoms with Crippen molar-refractivity contribution in [3.05, 3.63) is 54.0 Å². The van der Waals surface area contributed by atoms with Crippen molar-refractivity contribution in [1.82, 2.24) is 4.90 Å². The Kier molecular flexibility index (Phi) is 4.68. The van der Waals surface area contributed by atoms with Gasteiger partial charge in [0.05, 0.1) is 12.3 Å². The van der Waals surface area contributed by atoms with Crippen molar-refractivity contribution in [3.63, 3.8) is 0 Å². The lowest BCUT2D eigenvalue weighted by Crippen LogP contribution is -2.39. The van der Waals surface area contributed by atoms with E-state index < -0.39 is 6.10 Å². The van der Waals surface area contributed by atoms with Crippen LogP contribution in [0.1, 0.15) is 31.2 Å². The van der Waals surface area contributed by atoms with E-state index in [0.29, 0.717) is 5.75 Å². The highest BCUT2D eigenvalue weighted by molar-refractivity contribution is 5.81. The first-order valence-electron chi connectivity index (χ1n) is 7.02. The van der Waals surface area contributed by atoms with Gasteiger partial charge >= 0.3 is 0 Å². The summed E-state index contributed by atoms with van der Waals surface area (Å²) in [5.41, 5.74) is 1.16. The molecule has 1 aromatic heterocycles. The van der Waals surface area contributed by atoms with Gasteiger partial charge in [-0.15, -0.1) is 0 Å². The second kappa shape index (κ2) is 6.48. The Hall–Kier alpha value is -2.23. The van der Waals surface area contributed by atoms with Crippen LogP contribution in [0.25, 0.3) is 0 Å². The van der Waals surface area contributed by atoms with Gasteiger partial charge in [-0.1, -0.05) is 17.7 Å². The zero-order valence-electron chi connectivity index (χ0n) is 12.9.